The van der Waals surface area contributed by atoms with Crippen LogP contribution in [0, 0.1) is 0 Å². The summed E-state index contributed by atoms with van der Waals surface area (Å²) >= 11 is 1.24. The molecule has 0 bridgehead atoms. The summed E-state index contributed by atoms with van der Waals surface area (Å²) in [4.78, 5) is 28.7. The van der Waals surface area contributed by atoms with Gasteiger partial charge in [0, 0.05) is 33.3 Å². The van der Waals surface area contributed by atoms with Crippen LogP contribution in [0.3, 0.4) is 0 Å². The summed E-state index contributed by atoms with van der Waals surface area (Å²) in [7, 11) is 3.17. The molecular weight excluding hydrogens is 304 g/mol. The second-order valence-electron chi connectivity index (χ2n) is 4.40. The summed E-state index contributed by atoms with van der Waals surface area (Å²) in [6, 6.07) is 5.15. The molecule has 3 amide bonds. The molecule has 0 saturated carbocycles. The summed E-state index contributed by atoms with van der Waals surface area (Å²) in [5.41, 5.74) is 0.702. The molecule has 0 aliphatic carbocycles. The van der Waals surface area contributed by atoms with E-state index in [0.29, 0.717) is 22.4 Å². The fourth-order valence-corrected chi connectivity index (χ4v) is 2.26. The minimum atomic E-state index is -0.340. The van der Waals surface area contributed by atoms with Gasteiger partial charge in [0.1, 0.15) is 5.69 Å². The Labute approximate surface area is 131 Å². The van der Waals surface area contributed by atoms with Crippen molar-refractivity contribution in [3.63, 3.8) is 0 Å². The molecule has 0 radical (unpaired) electrons. The second-order valence-corrected chi connectivity index (χ2v) is 5.38. The predicted molar refractivity (Wildman–Crippen MR) is 83.5 cm³/mol. The first kappa shape index (κ1) is 15.8. The van der Waals surface area contributed by atoms with Crippen molar-refractivity contribution < 1.29 is 9.59 Å². The number of carbonyl (C=O) groups excluding carboxylic acids is 2. The highest BCUT2D eigenvalue weighted by atomic mass is 32.1. The zero-order valence-electron chi connectivity index (χ0n) is 12.2. The van der Waals surface area contributed by atoms with Crippen LogP contribution in [-0.2, 0) is 4.79 Å². The minimum Gasteiger partial charge on any atom is -0.359 e. The van der Waals surface area contributed by atoms with Gasteiger partial charge < -0.3 is 10.2 Å². The zero-order valence-corrected chi connectivity index (χ0v) is 13.1. The first-order valence-corrected chi connectivity index (χ1v) is 7.39. The van der Waals surface area contributed by atoms with Gasteiger partial charge in [0.25, 0.3) is 0 Å². The van der Waals surface area contributed by atoms with E-state index in [-0.39, 0.29) is 18.4 Å². The molecule has 2 rings (SSSR count). The number of amides is 3. The van der Waals surface area contributed by atoms with E-state index < -0.39 is 0 Å². The van der Waals surface area contributed by atoms with Crippen molar-refractivity contribution >= 4 is 28.4 Å². The number of pyridine rings is 1. The number of hydrogen-bond acceptors (Lipinski definition) is 6. The molecule has 2 N–H and O–H groups in total. The maximum Gasteiger partial charge on any atom is 0.323 e. The molecule has 0 aromatic carbocycles. The van der Waals surface area contributed by atoms with E-state index in [1.54, 1.807) is 20.3 Å². The number of nitrogens with one attached hydrogen (secondary N) is 2. The number of nitrogens with zero attached hydrogens (tertiary/aromatic N) is 4. The highest BCUT2D eigenvalue weighted by molar-refractivity contribution is 7.18. The van der Waals surface area contributed by atoms with Gasteiger partial charge in [-0.05, 0) is 12.1 Å². The quantitative estimate of drug-likeness (QED) is 0.862. The van der Waals surface area contributed by atoms with Gasteiger partial charge in [0.15, 0.2) is 5.01 Å². The Bertz CT molecular complexity index is 645. The van der Waals surface area contributed by atoms with Crippen molar-refractivity contribution in [2.75, 3.05) is 26.0 Å². The number of anilines is 1. The van der Waals surface area contributed by atoms with Gasteiger partial charge in [-0.1, -0.05) is 17.4 Å². The highest BCUT2D eigenvalue weighted by Gasteiger charge is 2.14. The van der Waals surface area contributed by atoms with Gasteiger partial charge in [0.05, 0.1) is 0 Å². The Morgan fingerprint density at radius 1 is 1.32 bits per heavy atom. The van der Waals surface area contributed by atoms with Gasteiger partial charge in [-0.3, -0.25) is 15.1 Å². The Kier molecular flexibility index (Phi) is 5.37. The third-order valence-corrected chi connectivity index (χ3v) is 3.68. The Morgan fingerprint density at radius 2 is 2.14 bits per heavy atom. The number of urea groups is 1. The van der Waals surface area contributed by atoms with E-state index in [1.165, 1.54) is 16.2 Å². The second kappa shape index (κ2) is 7.46. The summed E-state index contributed by atoms with van der Waals surface area (Å²) in [5, 5.41) is 14.1. The predicted octanol–water partition coefficient (Wildman–Crippen LogP) is 1.20. The molecular formula is C13H16N6O2S. The molecule has 0 spiro atoms. The summed E-state index contributed by atoms with van der Waals surface area (Å²) in [6.45, 7) is 0.317. The molecule has 0 fully saturated rings. The summed E-state index contributed by atoms with van der Waals surface area (Å²) < 4.78 is 0. The topological polar surface area (TPSA) is 100 Å². The van der Waals surface area contributed by atoms with E-state index >= 15 is 0 Å². The van der Waals surface area contributed by atoms with Crippen molar-refractivity contribution in [2.45, 2.75) is 6.42 Å². The van der Waals surface area contributed by atoms with Crippen molar-refractivity contribution in [1.29, 1.82) is 0 Å². The van der Waals surface area contributed by atoms with Crippen molar-refractivity contribution in [1.82, 2.24) is 25.4 Å². The van der Waals surface area contributed by atoms with Crippen LogP contribution in [0.15, 0.2) is 24.4 Å². The van der Waals surface area contributed by atoms with Gasteiger partial charge in [0.2, 0.25) is 11.0 Å². The third-order valence-electron chi connectivity index (χ3n) is 2.82. The lowest BCUT2D eigenvalue weighted by Crippen LogP contribution is -2.34. The molecule has 2 heterocycles. The maximum absolute atomic E-state index is 12.0. The number of rotatable bonds is 5. The first-order valence-electron chi connectivity index (χ1n) is 6.57. The zero-order chi connectivity index (χ0) is 15.9. The van der Waals surface area contributed by atoms with Crippen molar-refractivity contribution in [3.05, 3.63) is 24.4 Å². The number of carbonyl (C=O) groups is 2. The first-order chi connectivity index (χ1) is 10.6. The molecule has 116 valence electrons. The molecule has 0 unspecified atom stereocenters. The van der Waals surface area contributed by atoms with Crippen LogP contribution in [0.2, 0.25) is 0 Å². The van der Waals surface area contributed by atoms with E-state index in [0.717, 1.165) is 0 Å². The van der Waals surface area contributed by atoms with E-state index in [9.17, 15) is 9.59 Å². The van der Waals surface area contributed by atoms with Crippen molar-refractivity contribution in [3.8, 4) is 10.7 Å². The van der Waals surface area contributed by atoms with E-state index in [4.69, 9.17) is 0 Å². The smallest absolute Gasteiger partial charge is 0.323 e. The van der Waals surface area contributed by atoms with Crippen LogP contribution in [0.1, 0.15) is 6.42 Å². The molecule has 0 saturated heterocycles. The van der Waals surface area contributed by atoms with Crippen molar-refractivity contribution in [2.24, 2.45) is 0 Å². The molecule has 2 aromatic rings. The standard InChI is InChI=1S/C13H16N6O2S/c1-14-10(20)6-8-19(2)13(21)16-12-18-17-11(22-12)9-5-3-4-7-15-9/h3-5,7H,6,8H2,1-2H3,(H,14,20)(H,16,18,21). The Balaban J connectivity index is 1.92. The van der Waals surface area contributed by atoms with Crippen LogP contribution >= 0.6 is 11.3 Å². The lowest BCUT2D eigenvalue weighted by molar-refractivity contribution is -0.120. The van der Waals surface area contributed by atoms with Crippen LogP contribution in [0.25, 0.3) is 10.7 Å². The molecule has 2 aromatic heterocycles. The summed E-state index contributed by atoms with van der Waals surface area (Å²) in [6.07, 6.45) is 1.91. The van der Waals surface area contributed by atoms with Crippen LogP contribution in [0.4, 0.5) is 9.93 Å². The van der Waals surface area contributed by atoms with Crippen LogP contribution in [0.5, 0.6) is 0 Å². The normalized spacial score (nSPS) is 10.1. The number of hydrogen-bond donors (Lipinski definition) is 2. The number of aromatic nitrogens is 3. The molecule has 8 nitrogen and oxygen atoms in total. The lowest BCUT2D eigenvalue weighted by atomic mass is 10.4. The average Bonchev–Trinajstić information content (AvgIpc) is 3.01. The van der Waals surface area contributed by atoms with E-state index in [1.807, 2.05) is 18.2 Å². The lowest BCUT2D eigenvalue weighted by Gasteiger charge is -2.15. The van der Waals surface area contributed by atoms with E-state index in [2.05, 4.69) is 25.8 Å². The Morgan fingerprint density at radius 3 is 2.82 bits per heavy atom. The monoisotopic (exact) mass is 320 g/mol. The third kappa shape index (κ3) is 4.22. The highest BCUT2D eigenvalue weighted by Crippen LogP contribution is 2.24. The molecule has 9 heteroatoms. The fraction of sp³-hybridized carbons (Fsp3) is 0.308. The van der Waals surface area contributed by atoms with Crippen LogP contribution in [-0.4, -0.2) is 52.7 Å². The van der Waals surface area contributed by atoms with Crippen LogP contribution < -0.4 is 10.6 Å². The SMILES string of the molecule is CNC(=O)CCN(C)C(=O)Nc1nnc(-c2ccccn2)s1. The fourth-order valence-electron chi connectivity index (χ4n) is 1.55. The molecule has 22 heavy (non-hydrogen) atoms. The molecule has 0 aliphatic rings. The van der Waals surface area contributed by atoms with Gasteiger partial charge in [-0.15, -0.1) is 10.2 Å². The maximum atomic E-state index is 12.0. The van der Waals surface area contributed by atoms with Gasteiger partial charge in [-0.25, -0.2) is 4.79 Å². The van der Waals surface area contributed by atoms with Gasteiger partial charge >= 0.3 is 6.03 Å². The minimum absolute atomic E-state index is 0.118. The molecule has 0 aliphatic heterocycles. The summed E-state index contributed by atoms with van der Waals surface area (Å²) in [5.74, 6) is -0.118. The van der Waals surface area contributed by atoms with Gasteiger partial charge in [-0.2, -0.15) is 0 Å². The average molecular weight is 320 g/mol. The Hall–Kier alpha value is -2.55. The molecule has 0 atom stereocenters. The largest absolute Gasteiger partial charge is 0.359 e.